The number of carbonyl (C=O) groups is 1. The number of nitriles is 1. The first-order chi connectivity index (χ1) is 16.4. The van der Waals surface area contributed by atoms with E-state index in [-0.39, 0.29) is 16.9 Å². The maximum atomic E-state index is 12.8. The van der Waals surface area contributed by atoms with Crippen molar-refractivity contribution in [3.63, 3.8) is 0 Å². The van der Waals surface area contributed by atoms with Crippen molar-refractivity contribution in [3.05, 3.63) is 70.4 Å². The Kier molecular flexibility index (Phi) is 6.91. The van der Waals surface area contributed by atoms with Crippen LogP contribution in [0.5, 0.6) is 5.75 Å². The molecule has 10 heteroatoms. The number of carbonyl (C=O) groups excluding carboxylic acids is 1. The number of rotatable bonds is 7. The highest BCUT2D eigenvalue weighted by atomic mass is 35.5. The maximum absolute atomic E-state index is 12.8. The van der Waals surface area contributed by atoms with Crippen molar-refractivity contribution in [2.45, 2.75) is 19.1 Å². The molecular formula is C24H20ClN5O3S. The first-order valence-corrected chi connectivity index (χ1v) is 11.6. The van der Waals surface area contributed by atoms with E-state index in [4.69, 9.17) is 20.8 Å². The molecule has 2 aromatic carbocycles. The second kappa shape index (κ2) is 10.0. The number of nitrogens with one attached hydrogen (secondary N) is 1. The smallest absolute Gasteiger partial charge is 0.277 e. The molecule has 0 saturated carbocycles. The molecule has 2 aromatic heterocycles. The van der Waals surface area contributed by atoms with Crippen LogP contribution in [0.15, 0.2) is 58.2 Å². The average molecular weight is 494 g/mol. The largest absolute Gasteiger partial charge is 0.497 e. The topological polar surface area (TPSA) is 106 Å². The molecule has 0 atom stereocenters. The summed E-state index contributed by atoms with van der Waals surface area (Å²) in [6.45, 7) is 3.76. The Balaban J connectivity index is 1.51. The maximum Gasteiger partial charge on any atom is 0.277 e. The normalized spacial score (nSPS) is 10.7. The van der Waals surface area contributed by atoms with E-state index in [0.717, 1.165) is 34.3 Å². The molecule has 0 spiro atoms. The van der Waals surface area contributed by atoms with E-state index in [1.807, 2.05) is 42.7 Å². The number of ether oxygens (including phenoxy) is 1. The van der Waals surface area contributed by atoms with Gasteiger partial charge in [0.25, 0.3) is 5.22 Å². The van der Waals surface area contributed by atoms with Crippen LogP contribution < -0.4 is 10.1 Å². The summed E-state index contributed by atoms with van der Waals surface area (Å²) in [6.07, 6.45) is 0. The van der Waals surface area contributed by atoms with Crippen molar-refractivity contribution < 1.29 is 13.9 Å². The monoisotopic (exact) mass is 493 g/mol. The van der Waals surface area contributed by atoms with Gasteiger partial charge in [0.1, 0.15) is 17.6 Å². The summed E-state index contributed by atoms with van der Waals surface area (Å²) in [7, 11) is 1.60. The molecule has 4 aromatic rings. The van der Waals surface area contributed by atoms with Crippen LogP contribution in [0, 0.1) is 25.2 Å². The Labute approximate surface area is 205 Å². The summed E-state index contributed by atoms with van der Waals surface area (Å²) < 4.78 is 12.7. The highest BCUT2D eigenvalue weighted by Gasteiger charge is 2.21. The van der Waals surface area contributed by atoms with Crippen LogP contribution >= 0.6 is 23.4 Å². The van der Waals surface area contributed by atoms with Crippen molar-refractivity contribution in [1.29, 1.82) is 5.26 Å². The van der Waals surface area contributed by atoms with Gasteiger partial charge in [-0.25, -0.2) is 0 Å². The molecule has 34 heavy (non-hydrogen) atoms. The number of aromatic nitrogens is 3. The molecule has 1 N–H and O–H groups in total. The molecular weight excluding hydrogens is 474 g/mol. The van der Waals surface area contributed by atoms with Gasteiger partial charge in [-0.2, -0.15) is 5.26 Å². The highest BCUT2D eigenvalue weighted by molar-refractivity contribution is 7.99. The first-order valence-electron chi connectivity index (χ1n) is 10.2. The van der Waals surface area contributed by atoms with Gasteiger partial charge in [0.15, 0.2) is 0 Å². The van der Waals surface area contributed by atoms with Gasteiger partial charge in [0.05, 0.1) is 18.4 Å². The third kappa shape index (κ3) is 4.78. The Morgan fingerprint density at radius 1 is 1.18 bits per heavy atom. The van der Waals surface area contributed by atoms with Gasteiger partial charge >= 0.3 is 0 Å². The molecule has 0 bridgehead atoms. The number of benzene rings is 2. The number of nitrogens with zero attached hydrogens (tertiary/aromatic N) is 4. The van der Waals surface area contributed by atoms with Crippen LogP contribution in [0.2, 0.25) is 5.02 Å². The first kappa shape index (κ1) is 23.4. The molecule has 2 heterocycles. The predicted molar refractivity (Wildman–Crippen MR) is 131 cm³/mol. The van der Waals surface area contributed by atoms with Gasteiger partial charge in [-0.15, -0.1) is 10.2 Å². The van der Waals surface area contributed by atoms with Gasteiger partial charge in [0, 0.05) is 22.0 Å². The quantitative estimate of drug-likeness (QED) is 0.343. The average Bonchev–Trinajstić information content (AvgIpc) is 3.41. The van der Waals surface area contributed by atoms with Crippen LogP contribution in [0.1, 0.15) is 16.8 Å². The van der Waals surface area contributed by atoms with Crippen LogP contribution in [-0.4, -0.2) is 33.5 Å². The number of halogens is 1. The lowest BCUT2D eigenvalue weighted by molar-refractivity contribution is -0.113. The van der Waals surface area contributed by atoms with Crippen molar-refractivity contribution in [3.8, 4) is 29.0 Å². The fourth-order valence-electron chi connectivity index (χ4n) is 3.39. The number of anilines is 1. The summed E-state index contributed by atoms with van der Waals surface area (Å²) in [6, 6.07) is 16.6. The molecule has 172 valence electrons. The van der Waals surface area contributed by atoms with E-state index in [1.54, 1.807) is 31.4 Å². The molecule has 1 amide bonds. The van der Waals surface area contributed by atoms with Crippen molar-refractivity contribution >= 4 is 35.1 Å². The number of amides is 1. The van der Waals surface area contributed by atoms with Gasteiger partial charge in [-0.3, -0.25) is 9.36 Å². The molecule has 8 nitrogen and oxygen atoms in total. The Bertz CT molecular complexity index is 1370. The standard InChI is InChI=1S/C24H20ClN5O3S/c1-14-15(2)30(18-8-10-19(32-3)11-9-18)22(20(14)12-26)27-21(31)13-34-24-29-28-23(33-24)16-4-6-17(25)7-5-16/h4-11H,13H2,1-3H3,(H,27,31). The molecule has 0 saturated heterocycles. The Morgan fingerprint density at radius 3 is 2.53 bits per heavy atom. The number of methoxy groups -OCH3 is 1. The minimum Gasteiger partial charge on any atom is -0.497 e. The summed E-state index contributed by atoms with van der Waals surface area (Å²) >= 11 is 7.02. The fraction of sp³-hybridized carbons (Fsp3) is 0.167. The number of thioether (sulfide) groups is 1. The van der Waals surface area contributed by atoms with E-state index in [1.165, 1.54) is 0 Å². The molecule has 0 aliphatic heterocycles. The zero-order chi connectivity index (χ0) is 24.2. The minimum atomic E-state index is -0.306. The number of hydrogen-bond donors (Lipinski definition) is 1. The molecule has 0 radical (unpaired) electrons. The van der Waals surface area contributed by atoms with Crippen LogP contribution in [0.3, 0.4) is 0 Å². The summed E-state index contributed by atoms with van der Waals surface area (Å²) in [4.78, 5) is 12.8. The molecule has 0 aliphatic rings. The van der Waals surface area contributed by atoms with Gasteiger partial charge in [0.2, 0.25) is 11.8 Å². The van der Waals surface area contributed by atoms with Crippen molar-refractivity contribution in [2.24, 2.45) is 0 Å². The zero-order valence-electron chi connectivity index (χ0n) is 18.6. The fourth-order valence-corrected chi connectivity index (χ4v) is 4.08. The molecule has 0 unspecified atom stereocenters. The number of hydrogen-bond acceptors (Lipinski definition) is 7. The summed E-state index contributed by atoms with van der Waals surface area (Å²) in [5.41, 5.74) is 3.60. The molecule has 4 rings (SSSR count). The van der Waals surface area contributed by atoms with Gasteiger partial charge < -0.3 is 14.5 Å². The Hall–Kier alpha value is -3.74. The van der Waals surface area contributed by atoms with Crippen LogP contribution in [0.25, 0.3) is 17.1 Å². The molecule has 0 aliphatic carbocycles. The predicted octanol–water partition coefficient (Wildman–Crippen LogP) is 5.41. The van der Waals surface area contributed by atoms with E-state index in [9.17, 15) is 10.1 Å². The minimum absolute atomic E-state index is 0.0268. The van der Waals surface area contributed by atoms with E-state index >= 15 is 0 Å². The van der Waals surface area contributed by atoms with Crippen LogP contribution in [-0.2, 0) is 4.79 Å². The van der Waals surface area contributed by atoms with E-state index in [2.05, 4.69) is 21.6 Å². The molecule has 0 fully saturated rings. The second-order valence-corrected chi connectivity index (χ2v) is 8.66. The third-order valence-electron chi connectivity index (χ3n) is 5.24. The van der Waals surface area contributed by atoms with E-state index < -0.39 is 0 Å². The lowest BCUT2D eigenvalue weighted by Gasteiger charge is -2.13. The highest BCUT2D eigenvalue weighted by Crippen LogP contribution is 2.31. The summed E-state index contributed by atoms with van der Waals surface area (Å²) in [5.74, 6) is 1.19. The second-order valence-electron chi connectivity index (χ2n) is 7.30. The summed E-state index contributed by atoms with van der Waals surface area (Å²) in [5, 5.41) is 21.5. The zero-order valence-corrected chi connectivity index (χ0v) is 20.2. The van der Waals surface area contributed by atoms with Gasteiger partial charge in [-0.05, 0) is 67.9 Å². The van der Waals surface area contributed by atoms with Crippen molar-refractivity contribution in [1.82, 2.24) is 14.8 Å². The van der Waals surface area contributed by atoms with Crippen molar-refractivity contribution in [2.75, 3.05) is 18.2 Å². The van der Waals surface area contributed by atoms with Gasteiger partial charge in [-0.1, -0.05) is 23.4 Å². The van der Waals surface area contributed by atoms with Crippen LogP contribution in [0.4, 0.5) is 5.82 Å². The SMILES string of the molecule is COc1ccc(-n2c(C)c(C)c(C#N)c2NC(=O)CSc2nnc(-c3ccc(Cl)cc3)o2)cc1. The Morgan fingerprint density at radius 2 is 1.88 bits per heavy atom. The van der Waals surface area contributed by atoms with E-state index in [0.29, 0.717) is 28.0 Å². The lowest BCUT2D eigenvalue weighted by Crippen LogP contribution is -2.17. The third-order valence-corrected chi connectivity index (χ3v) is 6.31. The lowest BCUT2D eigenvalue weighted by atomic mass is 10.2.